The molecular weight excluding hydrogens is 440 g/mol. The van der Waals surface area contributed by atoms with Crippen molar-refractivity contribution in [2.45, 2.75) is 31.3 Å². The van der Waals surface area contributed by atoms with Gasteiger partial charge in [0.05, 0.1) is 17.2 Å². The topological polar surface area (TPSA) is 161 Å². The lowest BCUT2D eigenvalue weighted by molar-refractivity contribution is -0.140. The maximum Gasteiger partial charge on any atom is 0.326 e. The predicted molar refractivity (Wildman–Crippen MR) is 126 cm³/mol. The summed E-state index contributed by atoms with van der Waals surface area (Å²) in [6.45, 7) is 3.85. The highest BCUT2D eigenvalue weighted by Crippen LogP contribution is 2.16. The lowest BCUT2D eigenvalue weighted by atomic mass is 10.0. The summed E-state index contributed by atoms with van der Waals surface area (Å²) in [7, 11) is 0. The first-order valence-electron chi connectivity index (χ1n) is 10.5. The van der Waals surface area contributed by atoms with E-state index in [-0.39, 0.29) is 30.0 Å². The summed E-state index contributed by atoms with van der Waals surface area (Å²) in [5.41, 5.74) is 2.26. The lowest BCUT2D eigenvalue weighted by Crippen LogP contribution is -2.41. The second kappa shape index (κ2) is 10.9. The number of amides is 1. The van der Waals surface area contributed by atoms with Gasteiger partial charge in [-0.1, -0.05) is 12.1 Å². The van der Waals surface area contributed by atoms with Gasteiger partial charge in [0.15, 0.2) is 0 Å². The largest absolute Gasteiger partial charge is 0.481 e. The summed E-state index contributed by atoms with van der Waals surface area (Å²) < 4.78 is 0. The summed E-state index contributed by atoms with van der Waals surface area (Å²) >= 11 is 0. The van der Waals surface area contributed by atoms with E-state index in [4.69, 9.17) is 5.11 Å². The molecular formula is C24H24N4O6. The molecule has 1 aromatic heterocycles. The van der Waals surface area contributed by atoms with E-state index in [2.05, 4.69) is 27.2 Å². The van der Waals surface area contributed by atoms with Gasteiger partial charge in [0.25, 0.3) is 11.5 Å². The Morgan fingerprint density at radius 3 is 2.50 bits per heavy atom. The van der Waals surface area contributed by atoms with E-state index < -0.39 is 23.9 Å². The van der Waals surface area contributed by atoms with Crippen LogP contribution in [0.4, 0.5) is 5.69 Å². The number of aromatic amines is 1. The van der Waals surface area contributed by atoms with Gasteiger partial charge >= 0.3 is 11.9 Å². The Bertz CT molecular complexity index is 1270. The SMILES string of the molecule is C=CC(Cc1ccc2nc[nH]c(=O)c2c1)Nc1ccc(C(=O)N[C@@H](CCC(=O)O)C(=O)O)cc1. The Kier molecular flexibility index (Phi) is 7.75. The number of aliphatic carboxylic acids is 2. The molecule has 3 aromatic rings. The van der Waals surface area contributed by atoms with Crippen LogP contribution in [0.15, 0.2) is 66.2 Å². The molecule has 0 saturated heterocycles. The van der Waals surface area contributed by atoms with Gasteiger partial charge in [0.1, 0.15) is 6.04 Å². The molecule has 176 valence electrons. The highest BCUT2D eigenvalue weighted by Gasteiger charge is 2.21. The highest BCUT2D eigenvalue weighted by molar-refractivity contribution is 5.97. The number of benzene rings is 2. The summed E-state index contributed by atoms with van der Waals surface area (Å²) in [5.74, 6) is -3.05. The molecule has 10 nitrogen and oxygen atoms in total. The fraction of sp³-hybridized carbons (Fsp3) is 0.208. The van der Waals surface area contributed by atoms with Gasteiger partial charge in [-0.05, 0) is 54.8 Å². The van der Waals surface area contributed by atoms with E-state index in [1.807, 2.05) is 6.07 Å². The third-order valence-electron chi connectivity index (χ3n) is 5.19. The van der Waals surface area contributed by atoms with Crippen LogP contribution in [0.2, 0.25) is 0 Å². The quantitative estimate of drug-likeness (QED) is 0.270. The minimum absolute atomic E-state index is 0.166. The fourth-order valence-electron chi connectivity index (χ4n) is 3.39. The number of carbonyl (C=O) groups is 3. The van der Waals surface area contributed by atoms with E-state index in [0.717, 1.165) is 5.56 Å². The van der Waals surface area contributed by atoms with Crippen molar-refractivity contribution in [2.24, 2.45) is 0 Å². The number of nitrogens with one attached hydrogen (secondary N) is 3. The molecule has 0 spiro atoms. The number of carboxylic acids is 2. The number of fused-ring (bicyclic) bond motifs is 1. The number of hydrogen-bond acceptors (Lipinski definition) is 6. The van der Waals surface area contributed by atoms with Crippen molar-refractivity contribution in [3.63, 3.8) is 0 Å². The molecule has 0 radical (unpaired) electrons. The van der Waals surface area contributed by atoms with Crippen LogP contribution >= 0.6 is 0 Å². The minimum Gasteiger partial charge on any atom is -0.481 e. The number of anilines is 1. The molecule has 10 heteroatoms. The van der Waals surface area contributed by atoms with E-state index in [9.17, 15) is 24.3 Å². The average Bonchev–Trinajstić information content (AvgIpc) is 2.81. The summed E-state index contributed by atoms with van der Waals surface area (Å²) in [5, 5.41) is 24.1. The molecule has 0 aliphatic rings. The molecule has 2 atom stereocenters. The number of carbonyl (C=O) groups excluding carboxylic acids is 1. The van der Waals surface area contributed by atoms with E-state index in [1.165, 1.54) is 18.5 Å². The minimum atomic E-state index is -1.30. The molecule has 0 bridgehead atoms. The Balaban J connectivity index is 1.64. The zero-order valence-corrected chi connectivity index (χ0v) is 18.2. The van der Waals surface area contributed by atoms with Gasteiger partial charge in [-0.3, -0.25) is 14.4 Å². The zero-order valence-electron chi connectivity index (χ0n) is 18.2. The van der Waals surface area contributed by atoms with Gasteiger partial charge < -0.3 is 25.8 Å². The number of H-pyrrole nitrogens is 1. The Hall–Kier alpha value is -4.47. The number of carboxylic acid groups (broad SMARTS) is 2. The highest BCUT2D eigenvalue weighted by atomic mass is 16.4. The van der Waals surface area contributed by atoms with Crippen LogP contribution in [-0.2, 0) is 16.0 Å². The molecule has 5 N–H and O–H groups in total. The van der Waals surface area contributed by atoms with Crippen LogP contribution in [0.1, 0.15) is 28.8 Å². The van der Waals surface area contributed by atoms with Crippen LogP contribution in [0.5, 0.6) is 0 Å². The molecule has 3 rings (SSSR count). The van der Waals surface area contributed by atoms with Crippen LogP contribution in [0.25, 0.3) is 10.9 Å². The molecule has 0 saturated carbocycles. The zero-order chi connectivity index (χ0) is 24.7. The van der Waals surface area contributed by atoms with Crippen molar-refractivity contribution < 1.29 is 24.6 Å². The average molecular weight is 464 g/mol. The fourth-order valence-corrected chi connectivity index (χ4v) is 3.39. The number of nitrogens with zero attached hydrogens (tertiary/aromatic N) is 1. The van der Waals surface area contributed by atoms with Crippen LogP contribution in [0.3, 0.4) is 0 Å². The molecule has 0 aliphatic carbocycles. The van der Waals surface area contributed by atoms with E-state index in [1.54, 1.807) is 30.3 Å². The molecule has 34 heavy (non-hydrogen) atoms. The standard InChI is InChI=1S/C24H24N4O6/c1-2-16(11-14-3-8-19-18(12-14)23(32)26-13-25-19)27-17-6-4-15(5-7-17)22(31)28-20(24(33)34)9-10-21(29)30/h2-8,12-13,16,20,27H,1,9-11H2,(H,28,31)(H,29,30)(H,33,34)(H,25,26,32)/t16?,20-/m0/s1. The van der Waals surface area contributed by atoms with Crippen molar-refractivity contribution in [1.29, 1.82) is 0 Å². The van der Waals surface area contributed by atoms with Crippen molar-refractivity contribution in [3.05, 3.63) is 82.9 Å². The summed E-state index contributed by atoms with van der Waals surface area (Å²) in [4.78, 5) is 53.0. The van der Waals surface area contributed by atoms with Gasteiger partial charge in [0, 0.05) is 23.7 Å². The second-order valence-corrected chi connectivity index (χ2v) is 7.65. The van der Waals surface area contributed by atoms with Crippen molar-refractivity contribution in [3.8, 4) is 0 Å². The van der Waals surface area contributed by atoms with Crippen LogP contribution in [0, 0.1) is 0 Å². The van der Waals surface area contributed by atoms with Gasteiger partial charge in [0.2, 0.25) is 0 Å². The van der Waals surface area contributed by atoms with Gasteiger partial charge in [-0.15, -0.1) is 6.58 Å². The van der Waals surface area contributed by atoms with Crippen LogP contribution in [-0.4, -0.2) is 50.1 Å². The van der Waals surface area contributed by atoms with Crippen molar-refractivity contribution in [2.75, 3.05) is 5.32 Å². The van der Waals surface area contributed by atoms with E-state index >= 15 is 0 Å². The van der Waals surface area contributed by atoms with E-state index in [0.29, 0.717) is 23.0 Å². The first-order chi connectivity index (χ1) is 16.3. The third kappa shape index (κ3) is 6.28. The maximum atomic E-state index is 12.4. The Morgan fingerprint density at radius 2 is 1.85 bits per heavy atom. The van der Waals surface area contributed by atoms with Crippen LogP contribution < -0.4 is 16.2 Å². The van der Waals surface area contributed by atoms with Gasteiger partial charge in [-0.25, -0.2) is 9.78 Å². The third-order valence-corrected chi connectivity index (χ3v) is 5.19. The number of hydrogen-bond donors (Lipinski definition) is 5. The lowest BCUT2D eigenvalue weighted by Gasteiger charge is -2.17. The molecule has 1 amide bonds. The first kappa shape index (κ1) is 24.2. The Labute approximate surface area is 194 Å². The predicted octanol–water partition coefficient (Wildman–Crippen LogP) is 2.18. The molecule has 1 heterocycles. The summed E-state index contributed by atoms with van der Waals surface area (Å²) in [6.07, 6.45) is 3.07. The smallest absolute Gasteiger partial charge is 0.326 e. The monoisotopic (exact) mass is 464 g/mol. The molecule has 0 aliphatic heterocycles. The first-order valence-corrected chi connectivity index (χ1v) is 10.5. The number of aromatic nitrogens is 2. The normalized spacial score (nSPS) is 12.5. The molecule has 1 unspecified atom stereocenters. The second-order valence-electron chi connectivity index (χ2n) is 7.65. The molecule has 2 aromatic carbocycles. The van der Waals surface area contributed by atoms with Crippen molar-refractivity contribution >= 4 is 34.4 Å². The molecule has 0 fully saturated rings. The van der Waals surface area contributed by atoms with Crippen molar-refractivity contribution in [1.82, 2.24) is 15.3 Å². The summed E-state index contributed by atoms with van der Waals surface area (Å²) in [6, 6.07) is 10.4. The van der Waals surface area contributed by atoms with Gasteiger partial charge in [-0.2, -0.15) is 0 Å². The maximum absolute atomic E-state index is 12.4. The Morgan fingerprint density at radius 1 is 1.12 bits per heavy atom. The number of rotatable bonds is 11.